The van der Waals surface area contributed by atoms with Gasteiger partial charge in [-0.25, -0.2) is 4.79 Å². The zero-order chi connectivity index (χ0) is 41.2. The van der Waals surface area contributed by atoms with E-state index in [2.05, 4.69) is 67.6 Å². The van der Waals surface area contributed by atoms with Gasteiger partial charge < -0.3 is 53.3 Å². The Morgan fingerprint density at radius 3 is 1.96 bits per heavy atom. The molecule has 1 heterocycles. The van der Waals surface area contributed by atoms with Crippen molar-refractivity contribution < 1.29 is 58.1 Å². The molecule has 0 aromatic rings. The average molecular weight is 795 g/mol. The summed E-state index contributed by atoms with van der Waals surface area (Å²) in [6.07, 6.45) is -4.61. The molecule has 10 atom stereocenters. The smallest absolute Gasteiger partial charge is 0.335 e. The Bertz CT molecular complexity index is 1120. The van der Waals surface area contributed by atoms with E-state index in [1.807, 2.05) is 6.92 Å². The summed E-state index contributed by atoms with van der Waals surface area (Å²) in [6.45, 7) is 25.4. The highest BCUT2D eigenvalue weighted by molar-refractivity contribution is 6.74. The van der Waals surface area contributed by atoms with Crippen LogP contribution in [0.1, 0.15) is 101 Å². The van der Waals surface area contributed by atoms with Crippen molar-refractivity contribution in [2.45, 2.75) is 192 Å². The molecular formula is C39H78O12Si2. The van der Waals surface area contributed by atoms with Crippen LogP contribution in [0.2, 0.25) is 36.3 Å². The third-order valence-electron chi connectivity index (χ3n) is 12.7. The van der Waals surface area contributed by atoms with E-state index in [1.165, 1.54) is 21.3 Å². The number of rotatable bonds is 24. The van der Waals surface area contributed by atoms with Gasteiger partial charge in [-0.05, 0) is 61.1 Å². The van der Waals surface area contributed by atoms with E-state index in [4.69, 9.17) is 27.8 Å². The second-order valence-electron chi connectivity index (χ2n) is 17.3. The maximum Gasteiger partial charge on any atom is 0.335 e. The van der Waals surface area contributed by atoms with Gasteiger partial charge in [0.1, 0.15) is 6.10 Å². The van der Waals surface area contributed by atoms with Crippen molar-refractivity contribution in [1.82, 2.24) is 0 Å². The Hall–Kier alpha value is -0.756. The number of carboxylic acid groups (broad SMARTS) is 1. The highest BCUT2D eigenvalue weighted by Gasteiger charge is 2.62. The number of hydrogen-bond acceptors (Lipinski definition) is 11. The number of carboxylic acids is 1. The monoisotopic (exact) mass is 795 g/mol. The third kappa shape index (κ3) is 12.9. The number of aliphatic carboxylic acids is 1. The van der Waals surface area contributed by atoms with E-state index in [0.717, 1.165) is 30.1 Å². The molecule has 0 aromatic heterocycles. The molecule has 5 N–H and O–H groups in total. The van der Waals surface area contributed by atoms with E-state index >= 15 is 0 Å². The fraction of sp³-hybridized carbons (Fsp3) is 0.923. The number of aliphatic hydroxyl groups is 4. The molecule has 1 fully saturated rings. The first-order chi connectivity index (χ1) is 24.4. The molecule has 12 nitrogen and oxygen atoms in total. The number of methoxy groups -OCH3 is 3. The predicted molar refractivity (Wildman–Crippen MR) is 213 cm³/mol. The molecule has 0 radical (unpaired) electrons. The minimum absolute atomic E-state index is 0.0544. The van der Waals surface area contributed by atoms with Gasteiger partial charge in [0.25, 0.3) is 0 Å². The SMILES string of the molecule is CC[C@@H](/C=C(/C)[C@@H](O)C[C@@H](C[C@@H](O)C(C)(C)[C@]1(O)O[C@H](C[C@H](OC)[C@@H](O)C(=O)O)C[C@H](OC)[C@@H]1O[Si](CC)(CC)CC)OC)CO[Si](C)(C)C(C)(C)C. The van der Waals surface area contributed by atoms with E-state index in [1.54, 1.807) is 13.8 Å². The van der Waals surface area contributed by atoms with Gasteiger partial charge in [0.05, 0.1) is 36.6 Å². The maximum absolute atomic E-state index is 12.8. The highest BCUT2D eigenvalue weighted by Crippen LogP contribution is 2.49. The van der Waals surface area contributed by atoms with E-state index < -0.39 is 82.6 Å². The van der Waals surface area contributed by atoms with Crippen LogP contribution in [0.5, 0.6) is 0 Å². The first kappa shape index (κ1) is 50.3. The Kier molecular flexibility index (Phi) is 20.0. The van der Waals surface area contributed by atoms with Crippen LogP contribution in [0, 0.1) is 11.3 Å². The number of hydrogen-bond donors (Lipinski definition) is 5. The first-order valence-electron chi connectivity index (χ1n) is 19.6. The van der Waals surface area contributed by atoms with Crippen LogP contribution in [0.25, 0.3) is 0 Å². The molecule has 1 saturated heterocycles. The summed E-state index contributed by atoms with van der Waals surface area (Å²) < 4.78 is 37.1. The normalized spacial score (nSPS) is 25.8. The van der Waals surface area contributed by atoms with E-state index in [9.17, 15) is 30.3 Å². The van der Waals surface area contributed by atoms with Crippen LogP contribution in [0.4, 0.5) is 0 Å². The molecule has 0 unspecified atom stereocenters. The largest absolute Gasteiger partial charge is 0.479 e. The molecule has 1 rings (SSSR count). The predicted octanol–water partition coefficient (Wildman–Crippen LogP) is 6.26. The highest BCUT2D eigenvalue weighted by atomic mass is 28.4. The summed E-state index contributed by atoms with van der Waals surface area (Å²) in [5, 5.41) is 56.1. The molecule has 0 saturated carbocycles. The topological polar surface area (TPSA) is 174 Å². The van der Waals surface area contributed by atoms with Gasteiger partial charge in [0.15, 0.2) is 22.7 Å². The molecule has 314 valence electrons. The molecule has 1 aliphatic heterocycles. The second kappa shape index (κ2) is 21.1. The van der Waals surface area contributed by atoms with Crippen molar-refractivity contribution in [3.8, 4) is 0 Å². The lowest BCUT2D eigenvalue weighted by Gasteiger charge is -2.56. The molecular weight excluding hydrogens is 717 g/mol. The molecule has 0 bridgehead atoms. The fourth-order valence-electron chi connectivity index (χ4n) is 6.89. The second-order valence-corrected chi connectivity index (χ2v) is 26.8. The molecule has 14 heteroatoms. The lowest BCUT2D eigenvalue weighted by Crippen LogP contribution is -2.70. The Balaban J connectivity index is 3.44. The lowest BCUT2D eigenvalue weighted by molar-refractivity contribution is -0.376. The van der Waals surface area contributed by atoms with Gasteiger partial charge in [0.2, 0.25) is 5.79 Å². The van der Waals surface area contributed by atoms with Gasteiger partial charge >= 0.3 is 5.97 Å². The number of carbonyl (C=O) groups is 1. The van der Waals surface area contributed by atoms with Gasteiger partial charge in [-0.1, -0.05) is 68.4 Å². The summed E-state index contributed by atoms with van der Waals surface area (Å²) in [7, 11) is 0.0522. The summed E-state index contributed by atoms with van der Waals surface area (Å²) in [6, 6.07) is 2.39. The molecule has 0 aliphatic carbocycles. The molecule has 0 amide bonds. The third-order valence-corrected chi connectivity index (χ3v) is 21.8. The van der Waals surface area contributed by atoms with Crippen LogP contribution in [-0.2, 0) is 32.6 Å². The number of ether oxygens (including phenoxy) is 4. The van der Waals surface area contributed by atoms with Crippen molar-refractivity contribution in [3.05, 3.63) is 11.6 Å². The van der Waals surface area contributed by atoms with Crippen LogP contribution in [-0.4, -0.2) is 131 Å². The molecule has 1 aliphatic rings. The minimum Gasteiger partial charge on any atom is -0.479 e. The quantitative estimate of drug-likeness (QED) is 0.0550. The van der Waals surface area contributed by atoms with Crippen LogP contribution in [0.15, 0.2) is 11.6 Å². The Labute approximate surface area is 323 Å². The molecule has 0 aromatic carbocycles. The zero-order valence-electron chi connectivity index (χ0n) is 35.7. The van der Waals surface area contributed by atoms with Gasteiger partial charge in [-0.15, -0.1) is 0 Å². The van der Waals surface area contributed by atoms with Crippen molar-refractivity contribution >= 4 is 22.6 Å². The zero-order valence-corrected chi connectivity index (χ0v) is 37.7. The van der Waals surface area contributed by atoms with Crippen molar-refractivity contribution in [1.29, 1.82) is 0 Å². The molecule has 0 spiro atoms. The summed E-state index contributed by atoms with van der Waals surface area (Å²) in [5.74, 6) is -3.42. The minimum atomic E-state index is -2.39. The first-order valence-corrected chi connectivity index (χ1v) is 25.1. The molecule has 53 heavy (non-hydrogen) atoms. The van der Waals surface area contributed by atoms with Crippen LogP contribution < -0.4 is 0 Å². The number of aliphatic hydroxyl groups excluding tert-OH is 3. The Morgan fingerprint density at radius 1 is 0.962 bits per heavy atom. The fourth-order valence-corrected chi connectivity index (χ4v) is 10.8. The van der Waals surface area contributed by atoms with E-state index in [0.29, 0.717) is 6.61 Å². The Morgan fingerprint density at radius 2 is 1.53 bits per heavy atom. The van der Waals surface area contributed by atoms with Crippen molar-refractivity contribution in [2.75, 3.05) is 27.9 Å². The van der Waals surface area contributed by atoms with Gasteiger partial charge in [-0.2, -0.15) is 0 Å². The van der Waals surface area contributed by atoms with Crippen molar-refractivity contribution in [2.24, 2.45) is 11.3 Å². The summed E-state index contributed by atoms with van der Waals surface area (Å²) in [5.41, 5.74) is -0.589. The lowest BCUT2D eigenvalue weighted by atomic mass is 9.70. The van der Waals surface area contributed by atoms with Crippen LogP contribution >= 0.6 is 0 Å². The van der Waals surface area contributed by atoms with Gasteiger partial charge in [0, 0.05) is 59.0 Å². The van der Waals surface area contributed by atoms with E-state index in [-0.39, 0.29) is 36.6 Å². The van der Waals surface area contributed by atoms with Gasteiger partial charge in [-0.3, -0.25) is 0 Å². The summed E-state index contributed by atoms with van der Waals surface area (Å²) >= 11 is 0. The van der Waals surface area contributed by atoms with Crippen molar-refractivity contribution in [3.63, 3.8) is 0 Å². The standard InChI is InChI=1S/C39H78O12Si2/c1-16-27(25-49-52(14,15)37(6,7)8)20-26(5)30(40)21-28(46-11)24-33(41)38(9,10)39(45)35(51-53(17-2,18-3)19-4)32(48-13)23-29(50-39)22-31(47-12)34(42)36(43)44/h20,27-35,40-42,45H,16-19,21-25H2,1-15H3,(H,43,44)/b26-20-/t27-,28-,29+,30-,31-,32-,33+,34+,35-,39+/m0/s1. The van der Waals surface area contributed by atoms with Crippen LogP contribution in [0.3, 0.4) is 0 Å². The summed E-state index contributed by atoms with van der Waals surface area (Å²) in [4.78, 5) is 11.6. The average Bonchev–Trinajstić information content (AvgIpc) is 3.10. The maximum atomic E-state index is 12.8.